The molecule has 0 bridgehead atoms. The van der Waals surface area contributed by atoms with Crippen LogP contribution in [0.15, 0.2) is 30.3 Å². The summed E-state index contributed by atoms with van der Waals surface area (Å²) in [6.45, 7) is 8.54. The quantitative estimate of drug-likeness (QED) is 0.914. The molecule has 1 aromatic rings. The maximum Gasteiger partial charge on any atom is 0.408 e. The van der Waals surface area contributed by atoms with Crippen LogP contribution in [-0.2, 0) is 4.74 Å². The predicted molar refractivity (Wildman–Crippen MR) is 84.7 cm³/mol. The van der Waals surface area contributed by atoms with E-state index in [0.29, 0.717) is 25.1 Å². The van der Waals surface area contributed by atoms with Crippen LogP contribution >= 0.6 is 0 Å². The van der Waals surface area contributed by atoms with Crippen LogP contribution in [0.1, 0.15) is 44.5 Å². The molecule has 1 saturated heterocycles. The van der Waals surface area contributed by atoms with Crippen molar-refractivity contribution in [2.75, 3.05) is 13.1 Å². The van der Waals surface area contributed by atoms with E-state index in [9.17, 15) is 9.59 Å². The van der Waals surface area contributed by atoms with E-state index in [1.807, 2.05) is 45.9 Å². The van der Waals surface area contributed by atoms with Gasteiger partial charge in [0.1, 0.15) is 5.60 Å². The number of ether oxygens (including phenoxy) is 1. The summed E-state index contributed by atoms with van der Waals surface area (Å²) < 4.78 is 5.29. The zero-order valence-corrected chi connectivity index (χ0v) is 13.7. The Hall–Kier alpha value is -2.04. The van der Waals surface area contributed by atoms with Crippen LogP contribution in [0.4, 0.5) is 4.79 Å². The molecule has 1 aliphatic rings. The van der Waals surface area contributed by atoms with E-state index < -0.39 is 17.2 Å². The summed E-state index contributed by atoms with van der Waals surface area (Å²) in [6, 6.07) is 9.19. The third-order valence-corrected chi connectivity index (χ3v) is 3.58. The highest BCUT2D eigenvalue weighted by Crippen LogP contribution is 2.23. The second-order valence-electron chi connectivity index (χ2n) is 7.03. The molecule has 1 aromatic carbocycles. The molecule has 0 spiro atoms. The number of nitrogens with one attached hydrogen (secondary N) is 1. The van der Waals surface area contributed by atoms with Gasteiger partial charge in [-0.3, -0.25) is 4.79 Å². The minimum Gasteiger partial charge on any atom is -0.444 e. The van der Waals surface area contributed by atoms with E-state index in [2.05, 4.69) is 5.32 Å². The van der Waals surface area contributed by atoms with Crippen molar-refractivity contribution in [3.8, 4) is 0 Å². The lowest BCUT2D eigenvalue weighted by Gasteiger charge is -2.28. The second-order valence-corrected chi connectivity index (χ2v) is 7.03. The first-order chi connectivity index (χ1) is 10.2. The summed E-state index contributed by atoms with van der Waals surface area (Å²) in [5.41, 5.74) is -0.310. The summed E-state index contributed by atoms with van der Waals surface area (Å²) in [4.78, 5) is 26.1. The Morgan fingerprint density at radius 1 is 1.23 bits per heavy atom. The number of amides is 2. The van der Waals surface area contributed by atoms with Crippen LogP contribution in [0, 0.1) is 0 Å². The maximum atomic E-state index is 12.4. The maximum absolute atomic E-state index is 12.4. The molecule has 0 saturated carbocycles. The largest absolute Gasteiger partial charge is 0.444 e. The number of benzene rings is 1. The summed E-state index contributed by atoms with van der Waals surface area (Å²) in [5, 5.41) is 2.89. The van der Waals surface area contributed by atoms with Crippen molar-refractivity contribution in [2.45, 2.75) is 45.3 Å². The number of rotatable bonds is 2. The van der Waals surface area contributed by atoms with Crippen LogP contribution in [0.2, 0.25) is 0 Å². The van der Waals surface area contributed by atoms with Crippen LogP contribution in [-0.4, -0.2) is 41.1 Å². The van der Waals surface area contributed by atoms with Crippen LogP contribution < -0.4 is 5.32 Å². The van der Waals surface area contributed by atoms with Gasteiger partial charge >= 0.3 is 6.09 Å². The number of carbonyl (C=O) groups excluding carboxylic acids is 2. The molecule has 120 valence electrons. The first kappa shape index (κ1) is 16.3. The summed E-state index contributed by atoms with van der Waals surface area (Å²) >= 11 is 0. The van der Waals surface area contributed by atoms with Gasteiger partial charge in [-0.05, 0) is 46.2 Å². The Morgan fingerprint density at radius 2 is 1.86 bits per heavy atom. The van der Waals surface area contributed by atoms with E-state index in [-0.39, 0.29) is 5.91 Å². The lowest BCUT2D eigenvalue weighted by Crippen LogP contribution is -2.50. The molecule has 1 atom stereocenters. The Kier molecular flexibility index (Phi) is 4.44. The molecule has 2 rings (SSSR count). The van der Waals surface area contributed by atoms with E-state index in [0.717, 1.165) is 0 Å². The number of hydrogen-bond donors (Lipinski definition) is 1. The molecule has 5 heteroatoms. The summed E-state index contributed by atoms with van der Waals surface area (Å²) in [6.07, 6.45) is 0.272. The lowest BCUT2D eigenvalue weighted by atomic mass is 10.0. The second kappa shape index (κ2) is 5.99. The standard InChI is InChI=1S/C17H24N2O3/c1-16(2,3)22-15(21)18-17(4)10-11-19(12-17)14(20)13-8-6-5-7-9-13/h5-9H,10-12H2,1-4H3,(H,18,21). The van der Waals surface area contributed by atoms with Crippen molar-refractivity contribution in [3.63, 3.8) is 0 Å². The first-order valence-electron chi connectivity index (χ1n) is 7.54. The van der Waals surface area contributed by atoms with Gasteiger partial charge in [0, 0.05) is 18.7 Å². The van der Waals surface area contributed by atoms with Crippen molar-refractivity contribution in [2.24, 2.45) is 0 Å². The van der Waals surface area contributed by atoms with Gasteiger partial charge in [-0.1, -0.05) is 18.2 Å². The van der Waals surface area contributed by atoms with E-state index >= 15 is 0 Å². The van der Waals surface area contributed by atoms with Crippen molar-refractivity contribution in [3.05, 3.63) is 35.9 Å². The molecular weight excluding hydrogens is 280 g/mol. The third kappa shape index (κ3) is 4.23. The van der Waals surface area contributed by atoms with E-state index in [1.54, 1.807) is 17.0 Å². The van der Waals surface area contributed by atoms with Gasteiger partial charge in [-0.2, -0.15) is 0 Å². The molecular formula is C17H24N2O3. The predicted octanol–water partition coefficient (Wildman–Crippen LogP) is 2.82. The van der Waals surface area contributed by atoms with Crippen molar-refractivity contribution in [1.29, 1.82) is 0 Å². The minimum atomic E-state index is -0.529. The molecule has 2 amide bonds. The minimum absolute atomic E-state index is 0.00434. The SMILES string of the molecule is CC1(NC(=O)OC(C)(C)C)CCN(C(=O)c2ccccc2)C1. The van der Waals surface area contributed by atoms with E-state index in [4.69, 9.17) is 4.74 Å². The normalized spacial score (nSPS) is 21.5. The Labute approximate surface area is 131 Å². The molecule has 0 aliphatic carbocycles. The highest BCUT2D eigenvalue weighted by molar-refractivity contribution is 5.94. The number of alkyl carbamates (subject to hydrolysis) is 1. The average Bonchev–Trinajstić information content (AvgIpc) is 2.78. The Balaban J connectivity index is 1.96. The first-order valence-corrected chi connectivity index (χ1v) is 7.54. The molecule has 1 fully saturated rings. The highest BCUT2D eigenvalue weighted by Gasteiger charge is 2.38. The monoisotopic (exact) mass is 304 g/mol. The van der Waals surface area contributed by atoms with Crippen molar-refractivity contribution in [1.82, 2.24) is 10.2 Å². The van der Waals surface area contributed by atoms with Crippen LogP contribution in [0.25, 0.3) is 0 Å². The fraction of sp³-hybridized carbons (Fsp3) is 0.529. The molecule has 0 aromatic heterocycles. The van der Waals surface area contributed by atoms with Crippen molar-refractivity contribution >= 4 is 12.0 Å². The van der Waals surface area contributed by atoms with Gasteiger partial charge in [0.05, 0.1) is 5.54 Å². The summed E-state index contributed by atoms with van der Waals surface area (Å²) in [7, 11) is 0. The zero-order chi connectivity index (χ0) is 16.4. The van der Waals surface area contributed by atoms with Gasteiger partial charge in [-0.25, -0.2) is 4.79 Å². The van der Waals surface area contributed by atoms with Gasteiger partial charge in [-0.15, -0.1) is 0 Å². The zero-order valence-electron chi connectivity index (χ0n) is 13.7. The Morgan fingerprint density at radius 3 is 2.45 bits per heavy atom. The van der Waals surface area contributed by atoms with E-state index in [1.165, 1.54) is 0 Å². The molecule has 5 nitrogen and oxygen atoms in total. The molecule has 22 heavy (non-hydrogen) atoms. The number of hydrogen-bond acceptors (Lipinski definition) is 3. The topological polar surface area (TPSA) is 58.6 Å². The third-order valence-electron chi connectivity index (χ3n) is 3.58. The average molecular weight is 304 g/mol. The van der Waals surface area contributed by atoms with Gasteiger partial charge < -0.3 is 15.0 Å². The molecule has 0 radical (unpaired) electrons. The van der Waals surface area contributed by atoms with Crippen LogP contribution in [0.5, 0.6) is 0 Å². The smallest absolute Gasteiger partial charge is 0.408 e. The molecule has 1 N–H and O–H groups in total. The Bertz CT molecular complexity index is 551. The van der Waals surface area contributed by atoms with Crippen LogP contribution in [0.3, 0.4) is 0 Å². The molecule has 1 unspecified atom stereocenters. The summed E-state index contributed by atoms with van der Waals surface area (Å²) in [5.74, 6) is -0.00434. The van der Waals surface area contributed by atoms with Gasteiger partial charge in [0.2, 0.25) is 0 Å². The van der Waals surface area contributed by atoms with Gasteiger partial charge in [0.15, 0.2) is 0 Å². The molecule has 1 aliphatic heterocycles. The number of carbonyl (C=O) groups is 2. The van der Waals surface area contributed by atoms with Crippen molar-refractivity contribution < 1.29 is 14.3 Å². The lowest BCUT2D eigenvalue weighted by molar-refractivity contribution is 0.0461. The highest BCUT2D eigenvalue weighted by atomic mass is 16.6. The molecule has 1 heterocycles. The number of nitrogens with zero attached hydrogens (tertiary/aromatic N) is 1. The van der Waals surface area contributed by atoms with Gasteiger partial charge in [0.25, 0.3) is 5.91 Å². The number of likely N-dealkylation sites (tertiary alicyclic amines) is 1. The fourth-order valence-corrected chi connectivity index (χ4v) is 2.55. The fourth-order valence-electron chi connectivity index (χ4n) is 2.55.